The molecule has 4 aliphatic heterocycles. The van der Waals surface area contributed by atoms with E-state index in [1.807, 2.05) is 18.2 Å². The molecular formula is C56H77N7O14. The third kappa shape index (κ3) is 17.6. The van der Waals surface area contributed by atoms with Crippen LogP contribution >= 0.6 is 0 Å². The second-order valence-corrected chi connectivity index (χ2v) is 20.7. The topological polar surface area (TPSA) is 246 Å². The Kier molecular flexibility index (Phi) is 22.0. The smallest absolute Gasteiger partial charge is 0.460 e. The summed E-state index contributed by atoms with van der Waals surface area (Å²) in [6.45, 7) is 13.9. The van der Waals surface area contributed by atoms with Gasteiger partial charge in [0.2, 0.25) is 0 Å². The standard InChI is InChI=1S/C29H39N3O8.C15H22N2.C12H16N2O6/c1-20-16-32(28(35)30-27(20)34)26-15-24(39-21(2)33)25(40-26)19-38-29(36)37-14-13-31(17-22-9-5-3-6-10-22)18-23-11-7-4-8-12-23;1-2-6-14(7-3-1)12-16-10-11-17-9-5-4-8-15(17)13-16;1-6-4-14(12(18)13-11(6)17)10-3-8(19-7(2)16)9(5-15)20-10/h3,5-6,9-10,16,23-26H,4,7-8,11-15,17-19H2,1-2H3,(H,30,34,35);1-3,6-7,15H,4-5,8-13H2;4,8-10,15H,3,5H2,1-2H3,(H,13,17,18)/t24?,25-,26-;;8?,9-,10-/m1.1/s1. The normalized spacial score (nSPS) is 23.6. The van der Waals surface area contributed by atoms with E-state index in [9.17, 15) is 38.7 Å². The first kappa shape index (κ1) is 58.5. The van der Waals surface area contributed by atoms with E-state index in [1.54, 1.807) is 13.8 Å². The summed E-state index contributed by atoms with van der Waals surface area (Å²) in [6.07, 6.45) is 8.50. The SMILES string of the molecule is CC(=O)OC1C[C@H](n2cc(C)c(=O)[nH]c2=O)O[C@@H]1CO.CC(=O)OC1C[C@H](n2cc(C)c(=O)[nH]c2=O)O[C@@H]1COC(=O)OCCN(Cc1ccccc1)CC1CCCCC1.c1ccc(CN2CCN3CCCCC3C2)cc1. The van der Waals surface area contributed by atoms with Crippen LogP contribution in [0.25, 0.3) is 0 Å². The van der Waals surface area contributed by atoms with E-state index in [1.165, 1.54) is 124 Å². The number of aliphatic hydroxyl groups is 1. The van der Waals surface area contributed by atoms with Crippen LogP contribution in [0.4, 0.5) is 4.79 Å². The van der Waals surface area contributed by atoms with E-state index in [0.29, 0.717) is 23.6 Å². The zero-order chi connectivity index (χ0) is 54.8. The average molecular weight is 1070 g/mol. The Labute approximate surface area is 448 Å². The highest BCUT2D eigenvalue weighted by Crippen LogP contribution is 2.32. The summed E-state index contributed by atoms with van der Waals surface area (Å²) in [6, 6.07) is 21.9. The lowest BCUT2D eigenvalue weighted by atomic mass is 9.89. The summed E-state index contributed by atoms with van der Waals surface area (Å²) in [5, 5.41) is 9.22. The Balaban J connectivity index is 0.000000192. The molecule has 4 aromatic rings. The zero-order valence-electron chi connectivity index (χ0n) is 44.9. The third-order valence-corrected chi connectivity index (χ3v) is 14.7. The number of aliphatic hydroxyl groups excluding tert-OH is 1. The Morgan fingerprint density at radius 2 is 1.25 bits per heavy atom. The fourth-order valence-electron chi connectivity index (χ4n) is 10.8. The molecule has 5 aliphatic rings. The average Bonchev–Trinajstić information content (AvgIpc) is 4.02. The van der Waals surface area contributed by atoms with Gasteiger partial charge in [0.1, 0.15) is 50.1 Å². The number of hydrogen-bond donors (Lipinski definition) is 3. The first-order chi connectivity index (χ1) is 37.1. The van der Waals surface area contributed by atoms with Crippen LogP contribution < -0.4 is 22.5 Å². The van der Waals surface area contributed by atoms with Crippen molar-refractivity contribution in [1.82, 2.24) is 33.8 Å². The number of aromatic amines is 2. The second kappa shape index (κ2) is 28.9. The van der Waals surface area contributed by atoms with E-state index < -0.39 is 77.5 Å². The predicted molar refractivity (Wildman–Crippen MR) is 284 cm³/mol. The fourth-order valence-corrected chi connectivity index (χ4v) is 10.8. The second-order valence-electron chi connectivity index (χ2n) is 20.7. The quantitative estimate of drug-likeness (QED) is 0.102. The number of H-pyrrole nitrogens is 2. The maximum Gasteiger partial charge on any atom is 0.508 e. The van der Waals surface area contributed by atoms with Gasteiger partial charge in [0.15, 0.2) is 0 Å². The largest absolute Gasteiger partial charge is 0.508 e. The number of hydrogen-bond acceptors (Lipinski definition) is 17. The molecule has 0 bridgehead atoms. The number of nitrogens with zero attached hydrogens (tertiary/aromatic N) is 5. The van der Waals surface area contributed by atoms with Crippen molar-refractivity contribution < 1.29 is 47.9 Å². The molecule has 1 saturated carbocycles. The van der Waals surface area contributed by atoms with Crippen LogP contribution in [0.5, 0.6) is 0 Å². The molecule has 7 atom stereocenters. The van der Waals surface area contributed by atoms with Crippen LogP contribution in [0, 0.1) is 19.8 Å². The number of esters is 2. The lowest BCUT2D eigenvalue weighted by Gasteiger charge is -2.44. The van der Waals surface area contributed by atoms with Gasteiger partial charge < -0.3 is 33.5 Å². The highest BCUT2D eigenvalue weighted by Gasteiger charge is 2.41. The number of aryl methyl sites for hydroxylation is 2. The van der Waals surface area contributed by atoms with Crippen molar-refractivity contribution in [2.75, 3.05) is 59.1 Å². The summed E-state index contributed by atoms with van der Waals surface area (Å²) in [4.78, 5) is 94.2. The Bertz CT molecular complexity index is 2760. The summed E-state index contributed by atoms with van der Waals surface area (Å²) >= 11 is 0. The first-order valence-corrected chi connectivity index (χ1v) is 27.1. The van der Waals surface area contributed by atoms with Gasteiger partial charge in [0.25, 0.3) is 11.1 Å². The molecule has 21 heteroatoms. The van der Waals surface area contributed by atoms with Gasteiger partial charge in [-0.3, -0.25) is 53.0 Å². The van der Waals surface area contributed by atoms with Crippen molar-refractivity contribution in [3.63, 3.8) is 0 Å². The van der Waals surface area contributed by atoms with Crippen LogP contribution in [0.2, 0.25) is 0 Å². The van der Waals surface area contributed by atoms with E-state index in [0.717, 1.165) is 25.7 Å². The van der Waals surface area contributed by atoms with E-state index >= 15 is 0 Å². The minimum absolute atomic E-state index is 0.156. The van der Waals surface area contributed by atoms with E-state index in [4.69, 9.17) is 28.4 Å². The maximum absolute atomic E-state index is 12.4. The number of nitrogens with one attached hydrogen (secondary N) is 2. The summed E-state index contributed by atoms with van der Waals surface area (Å²) < 4.78 is 34.9. The molecule has 4 saturated heterocycles. The van der Waals surface area contributed by atoms with Gasteiger partial charge in [-0.15, -0.1) is 0 Å². The van der Waals surface area contributed by atoms with E-state index in [2.05, 4.69) is 67.1 Å². The molecule has 21 nitrogen and oxygen atoms in total. The molecule has 2 aromatic carbocycles. The number of rotatable bonds is 16. The molecule has 2 aromatic heterocycles. The Morgan fingerprint density at radius 3 is 1.83 bits per heavy atom. The minimum atomic E-state index is -0.844. The molecule has 5 fully saturated rings. The number of ether oxygens (including phenoxy) is 6. The van der Waals surface area contributed by atoms with Gasteiger partial charge in [-0.25, -0.2) is 14.4 Å². The Hall–Kier alpha value is -6.23. The van der Waals surface area contributed by atoms with Crippen molar-refractivity contribution in [3.8, 4) is 0 Å². The number of carbonyl (C=O) groups excluding carboxylic acids is 3. The van der Waals surface area contributed by atoms with Crippen molar-refractivity contribution in [1.29, 1.82) is 0 Å². The highest BCUT2D eigenvalue weighted by molar-refractivity contribution is 5.66. The lowest BCUT2D eigenvalue weighted by molar-refractivity contribution is -0.151. The molecule has 3 N–H and O–H groups in total. The van der Waals surface area contributed by atoms with Crippen LogP contribution in [-0.2, 0) is 51.1 Å². The van der Waals surface area contributed by atoms with Crippen LogP contribution in [0.1, 0.15) is 113 Å². The van der Waals surface area contributed by atoms with Crippen LogP contribution in [0.15, 0.2) is 92.2 Å². The molecule has 1 aliphatic carbocycles. The molecule has 0 amide bonds. The van der Waals surface area contributed by atoms with Crippen LogP contribution in [-0.4, -0.2) is 147 Å². The predicted octanol–water partition coefficient (Wildman–Crippen LogP) is 4.71. The minimum Gasteiger partial charge on any atom is -0.460 e. The molecule has 77 heavy (non-hydrogen) atoms. The van der Waals surface area contributed by atoms with Crippen molar-refractivity contribution in [2.24, 2.45) is 5.92 Å². The molecule has 0 spiro atoms. The van der Waals surface area contributed by atoms with Gasteiger partial charge in [-0.1, -0.05) is 86.3 Å². The molecule has 3 unspecified atom stereocenters. The Morgan fingerprint density at radius 1 is 0.688 bits per heavy atom. The number of benzene rings is 2. The van der Waals surface area contributed by atoms with Crippen LogP contribution in [0.3, 0.4) is 0 Å². The van der Waals surface area contributed by atoms with Crippen molar-refractivity contribution in [3.05, 3.63) is 137 Å². The van der Waals surface area contributed by atoms with Gasteiger partial charge in [0, 0.05) is 102 Å². The summed E-state index contributed by atoms with van der Waals surface area (Å²) in [5.41, 5.74) is 1.17. The van der Waals surface area contributed by atoms with Gasteiger partial charge in [-0.05, 0) is 63.1 Å². The summed E-state index contributed by atoms with van der Waals surface area (Å²) in [5.74, 6) is -0.361. The van der Waals surface area contributed by atoms with Gasteiger partial charge in [-0.2, -0.15) is 0 Å². The summed E-state index contributed by atoms with van der Waals surface area (Å²) in [7, 11) is 0. The van der Waals surface area contributed by atoms with Crippen molar-refractivity contribution >= 4 is 18.1 Å². The van der Waals surface area contributed by atoms with E-state index in [-0.39, 0.29) is 32.7 Å². The van der Waals surface area contributed by atoms with Gasteiger partial charge in [0.05, 0.1) is 6.61 Å². The fraction of sp³-hybridized carbons (Fsp3) is 0.589. The number of piperidine rings is 1. The number of aromatic nitrogens is 4. The molecule has 420 valence electrons. The third-order valence-electron chi connectivity index (χ3n) is 14.7. The first-order valence-electron chi connectivity index (χ1n) is 27.1. The molecule has 0 radical (unpaired) electrons. The number of piperazine rings is 1. The lowest BCUT2D eigenvalue weighted by Crippen LogP contribution is -2.54. The van der Waals surface area contributed by atoms with Gasteiger partial charge >= 0.3 is 29.5 Å². The number of fused-ring (bicyclic) bond motifs is 1. The number of carbonyl (C=O) groups is 3. The van der Waals surface area contributed by atoms with Crippen molar-refractivity contribution in [2.45, 2.75) is 148 Å². The zero-order valence-corrected chi connectivity index (χ0v) is 44.9. The molecule has 9 rings (SSSR count). The monoisotopic (exact) mass is 1070 g/mol. The molecular weight excluding hydrogens is 995 g/mol. The highest BCUT2D eigenvalue weighted by atomic mass is 16.7. The maximum atomic E-state index is 12.4. The molecule has 6 heterocycles.